The topological polar surface area (TPSA) is 34.9 Å². The van der Waals surface area contributed by atoms with Gasteiger partial charge in [0.25, 0.3) is 5.56 Å². The van der Waals surface area contributed by atoms with E-state index in [1.54, 1.807) is 12.1 Å². The van der Waals surface area contributed by atoms with E-state index in [1.165, 1.54) is 22.9 Å². The number of hydrogen-bond acceptors (Lipinski definition) is 2. The van der Waals surface area contributed by atoms with E-state index >= 15 is 0 Å². The summed E-state index contributed by atoms with van der Waals surface area (Å²) in [7, 11) is 0. The number of aryl methyl sites for hydroxylation is 2. The zero-order chi connectivity index (χ0) is 17.3. The summed E-state index contributed by atoms with van der Waals surface area (Å²) < 4.78 is 15.2. The van der Waals surface area contributed by atoms with E-state index in [9.17, 15) is 9.18 Å². The van der Waals surface area contributed by atoms with Crippen LogP contribution in [0.25, 0.3) is 11.3 Å². The lowest BCUT2D eigenvalue weighted by molar-refractivity contribution is 0.573. The Bertz CT molecular complexity index is 946. The van der Waals surface area contributed by atoms with Gasteiger partial charge in [-0.2, -0.15) is 5.10 Å². The molecule has 3 aromatic rings. The summed E-state index contributed by atoms with van der Waals surface area (Å²) >= 11 is 6.05. The van der Waals surface area contributed by atoms with Gasteiger partial charge in [0.1, 0.15) is 5.82 Å². The van der Waals surface area contributed by atoms with Crippen molar-refractivity contribution in [1.82, 2.24) is 9.78 Å². The van der Waals surface area contributed by atoms with Crippen molar-refractivity contribution in [2.24, 2.45) is 0 Å². The first-order chi connectivity index (χ1) is 11.5. The molecule has 0 fully saturated rings. The van der Waals surface area contributed by atoms with Gasteiger partial charge in [0, 0.05) is 22.2 Å². The van der Waals surface area contributed by atoms with E-state index in [2.05, 4.69) is 5.10 Å². The Morgan fingerprint density at radius 2 is 1.92 bits per heavy atom. The van der Waals surface area contributed by atoms with Crippen LogP contribution in [0.15, 0.2) is 53.3 Å². The van der Waals surface area contributed by atoms with Crippen molar-refractivity contribution in [3.05, 3.63) is 86.4 Å². The summed E-state index contributed by atoms with van der Waals surface area (Å²) in [5.74, 6) is -0.451. The standard InChI is InChI=1S/C19H16ClFN2O/c1-12-6-7-13(2)14(10-12)18-8-9-19(24)23(22-18)11-15-16(20)4-3-5-17(15)21/h3-10H,11H2,1-2H3. The maximum atomic E-state index is 14.0. The molecule has 0 atom stereocenters. The summed E-state index contributed by atoms with van der Waals surface area (Å²) in [6, 6.07) is 13.6. The summed E-state index contributed by atoms with van der Waals surface area (Å²) in [6.07, 6.45) is 0. The number of benzene rings is 2. The highest BCUT2D eigenvalue weighted by Crippen LogP contribution is 2.23. The number of nitrogens with zero attached hydrogens (tertiary/aromatic N) is 2. The summed E-state index contributed by atoms with van der Waals surface area (Å²) in [5, 5.41) is 4.68. The second-order valence-corrected chi connectivity index (χ2v) is 6.14. The largest absolute Gasteiger partial charge is 0.268 e. The van der Waals surface area contributed by atoms with E-state index in [4.69, 9.17) is 11.6 Å². The Labute approximate surface area is 144 Å². The molecule has 0 spiro atoms. The van der Waals surface area contributed by atoms with Crippen LogP contribution in [0, 0.1) is 19.7 Å². The van der Waals surface area contributed by atoms with Crippen LogP contribution in [0.4, 0.5) is 4.39 Å². The Morgan fingerprint density at radius 1 is 1.12 bits per heavy atom. The minimum atomic E-state index is -0.451. The SMILES string of the molecule is Cc1ccc(C)c(-c2ccc(=O)n(Cc3c(F)cccc3Cl)n2)c1. The molecule has 0 amide bonds. The monoisotopic (exact) mass is 342 g/mol. The number of halogens is 2. The van der Waals surface area contributed by atoms with Crippen molar-refractivity contribution < 1.29 is 4.39 Å². The van der Waals surface area contributed by atoms with Crippen LogP contribution in [0.3, 0.4) is 0 Å². The van der Waals surface area contributed by atoms with E-state index in [0.717, 1.165) is 16.7 Å². The lowest BCUT2D eigenvalue weighted by Crippen LogP contribution is -2.23. The number of aromatic nitrogens is 2. The molecule has 0 aliphatic carbocycles. The molecule has 0 saturated carbocycles. The lowest BCUT2D eigenvalue weighted by Gasteiger charge is -2.11. The molecule has 1 heterocycles. The Morgan fingerprint density at radius 3 is 2.67 bits per heavy atom. The van der Waals surface area contributed by atoms with Crippen LogP contribution >= 0.6 is 11.6 Å². The molecule has 0 unspecified atom stereocenters. The van der Waals surface area contributed by atoms with Crippen molar-refractivity contribution >= 4 is 11.6 Å². The van der Waals surface area contributed by atoms with Gasteiger partial charge in [-0.15, -0.1) is 0 Å². The van der Waals surface area contributed by atoms with Gasteiger partial charge in [-0.3, -0.25) is 4.79 Å². The third kappa shape index (κ3) is 3.24. The maximum Gasteiger partial charge on any atom is 0.267 e. The summed E-state index contributed by atoms with van der Waals surface area (Å²) in [6.45, 7) is 3.97. The van der Waals surface area contributed by atoms with Crippen molar-refractivity contribution in [3.63, 3.8) is 0 Å². The van der Waals surface area contributed by atoms with Gasteiger partial charge in [0.15, 0.2) is 0 Å². The highest BCUT2D eigenvalue weighted by atomic mass is 35.5. The third-order valence-corrected chi connectivity index (χ3v) is 4.26. The second-order valence-electron chi connectivity index (χ2n) is 5.73. The molecule has 0 N–H and O–H groups in total. The Balaban J connectivity index is 2.07. The highest BCUT2D eigenvalue weighted by molar-refractivity contribution is 6.31. The van der Waals surface area contributed by atoms with Gasteiger partial charge in [-0.25, -0.2) is 9.07 Å². The van der Waals surface area contributed by atoms with Gasteiger partial charge < -0.3 is 0 Å². The quantitative estimate of drug-likeness (QED) is 0.708. The maximum absolute atomic E-state index is 14.0. The lowest BCUT2D eigenvalue weighted by atomic mass is 10.0. The van der Waals surface area contributed by atoms with Crippen molar-refractivity contribution in [2.45, 2.75) is 20.4 Å². The predicted molar refractivity (Wildman–Crippen MR) is 93.9 cm³/mol. The van der Waals surface area contributed by atoms with Gasteiger partial charge >= 0.3 is 0 Å². The normalized spacial score (nSPS) is 10.8. The predicted octanol–water partition coefficient (Wildman–Crippen LogP) is 4.37. The number of hydrogen-bond donors (Lipinski definition) is 0. The number of rotatable bonds is 3. The molecule has 1 aromatic heterocycles. The van der Waals surface area contributed by atoms with Crippen LogP contribution in [-0.4, -0.2) is 9.78 Å². The van der Waals surface area contributed by atoms with Crippen LogP contribution in [0.5, 0.6) is 0 Å². The molecule has 0 aliphatic heterocycles. The molecule has 3 rings (SSSR count). The fraction of sp³-hybridized carbons (Fsp3) is 0.158. The molecular weight excluding hydrogens is 327 g/mol. The first-order valence-corrected chi connectivity index (χ1v) is 7.92. The average Bonchev–Trinajstić information content (AvgIpc) is 2.55. The zero-order valence-electron chi connectivity index (χ0n) is 13.4. The Hall–Kier alpha value is -2.46. The average molecular weight is 343 g/mol. The third-order valence-electron chi connectivity index (χ3n) is 3.91. The molecule has 0 saturated heterocycles. The Kier molecular flexibility index (Phi) is 4.49. The zero-order valence-corrected chi connectivity index (χ0v) is 14.1. The second kappa shape index (κ2) is 6.57. The minimum absolute atomic E-state index is 0.0109. The molecule has 122 valence electrons. The molecule has 3 nitrogen and oxygen atoms in total. The molecule has 24 heavy (non-hydrogen) atoms. The molecule has 0 bridgehead atoms. The highest BCUT2D eigenvalue weighted by Gasteiger charge is 2.11. The smallest absolute Gasteiger partial charge is 0.267 e. The molecule has 5 heteroatoms. The van der Waals surface area contributed by atoms with Gasteiger partial charge in [-0.1, -0.05) is 35.4 Å². The first-order valence-electron chi connectivity index (χ1n) is 7.54. The van der Waals surface area contributed by atoms with Crippen LogP contribution < -0.4 is 5.56 Å². The van der Waals surface area contributed by atoms with E-state index in [0.29, 0.717) is 5.69 Å². The van der Waals surface area contributed by atoms with Crippen LogP contribution in [-0.2, 0) is 6.54 Å². The summed E-state index contributed by atoms with van der Waals surface area (Å²) in [5.41, 5.74) is 3.73. The first kappa shape index (κ1) is 16.4. The van der Waals surface area contributed by atoms with Gasteiger partial charge in [0.05, 0.1) is 12.2 Å². The van der Waals surface area contributed by atoms with E-state index < -0.39 is 5.82 Å². The van der Waals surface area contributed by atoms with Crippen molar-refractivity contribution in [2.75, 3.05) is 0 Å². The van der Waals surface area contributed by atoms with E-state index in [-0.39, 0.29) is 22.7 Å². The van der Waals surface area contributed by atoms with Crippen molar-refractivity contribution in [3.8, 4) is 11.3 Å². The van der Waals surface area contributed by atoms with Gasteiger partial charge in [-0.05, 0) is 43.7 Å². The fourth-order valence-electron chi connectivity index (χ4n) is 2.55. The molecule has 2 aromatic carbocycles. The molecule has 0 aliphatic rings. The van der Waals surface area contributed by atoms with Crippen LogP contribution in [0.1, 0.15) is 16.7 Å². The minimum Gasteiger partial charge on any atom is -0.268 e. The molecular formula is C19H16ClFN2O. The van der Waals surface area contributed by atoms with Crippen LogP contribution in [0.2, 0.25) is 5.02 Å². The van der Waals surface area contributed by atoms with Gasteiger partial charge in [0.2, 0.25) is 0 Å². The fourth-order valence-corrected chi connectivity index (χ4v) is 2.77. The summed E-state index contributed by atoms with van der Waals surface area (Å²) in [4.78, 5) is 12.1. The van der Waals surface area contributed by atoms with Crippen molar-refractivity contribution in [1.29, 1.82) is 0 Å². The van der Waals surface area contributed by atoms with E-state index in [1.807, 2.05) is 32.0 Å². The molecule has 0 radical (unpaired) electrons.